The zero-order valence-electron chi connectivity index (χ0n) is 16.5. The van der Waals surface area contributed by atoms with Crippen LogP contribution in [0.1, 0.15) is 5.56 Å². The van der Waals surface area contributed by atoms with Crippen molar-refractivity contribution in [1.29, 1.82) is 0 Å². The van der Waals surface area contributed by atoms with E-state index in [0.717, 1.165) is 0 Å². The van der Waals surface area contributed by atoms with Gasteiger partial charge in [0.1, 0.15) is 17.3 Å². The van der Waals surface area contributed by atoms with E-state index in [0.29, 0.717) is 33.4 Å². The molecular formula is C20H19FN6O2S. The van der Waals surface area contributed by atoms with Crippen LogP contribution >= 0.6 is 0 Å². The Balaban J connectivity index is 1.74. The smallest absolute Gasteiger partial charge is 0.231 e. The normalized spacial score (nSPS) is 11.7. The third kappa shape index (κ3) is 3.45. The number of anilines is 3. The second-order valence-corrected chi connectivity index (χ2v) is 9.00. The Morgan fingerprint density at radius 3 is 2.63 bits per heavy atom. The predicted molar refractivity (Wildman–Crippen MR) is 114 cm³/mol. The molecule has 0 aliphatic rings. The Labute approximate surface area is 172 Å². The maximum atomic E-state index is 13.7. The average molecular weight is 426 g/mol. The van der Waals surface area contributed by atoms with Crippen LogP contribution in [0.25, 0.3) is 22.2 Å². The molecule has 0 unspecified atom stereocenters. The van der Waals surface area contributed by atoms with Crippen molar-refractivity contribution in [1.82, 2.24) is 20.2 Å². The summed E-state index contributed by atoms with van der Waals surface area (Å²) in [6, 6.07) is 9.38. The van der Waals surface area contributed by atoms with Gasteiger partial charge in [-0.05, 0) is 42.8 Å². The summed E-state index contributed by atoms with van der Waals surface area (Å²) < 4.78 is 37.7. The average Bonchev–Trinajstić information content (AvgIpc) is 3.09. The van der Waals surface area contributed by atoms with Gasteiger partial charge in [-0.3, -0.25) is 5.10 Å². The molecule has 2 aromatic carbocycles. The van der Waals surface area contributed by atoms with Crippen LogP contribution in [0, 0.1) is 12.7 Å². The molecule has 0 spiro atoms. The number of halogens is 1. The minimum atomic E-state index is -3.38. The number of aromatic nitrogens is 4. The molecule has 0 aliphatic heterocycles. The van der Waals surface area contributed by atoms with Crippen LogP contribution in [0.5, 0.6) is 0 Å². The number of benzene rings is 2. The van der Waals surface area contributed by atoms with Crippen molar-refractivity contribution in [3.05, 3.63) is 54.0 Å². The summed E-state index contributed by atoms with van der Waals surface area (Å²) in [5.74, 6) is 0.0626. The maximum Gasteiger partial charge on any atom is 0.231 e. The molecule has 4 rings (SSSR count). The van der Waals surface area contributed by atoms with Gasteiger partial charge in [-0.15, -0.1) is 0 Å². The molecule has 0 atom stereocenters. The fraction of sp³-hybridized carbons (Fsp3) is 0.150. The van der Waals surface area contributed by atoms with E-state index < -0.39 is 9.84 Å². The van der Waals surface area contributed by atoms with Gasteiger partial charge in [-0.2, -0.15) is 10.1 Å². The van der Waals surface area contributed by atoms with Crippen molar-refractivity contribution in [3.63, 3.8) is 0 Å². The minimum absolute atomic E-state index is 0.167. The summed E-state index contributed by atoms with van der Waals surface area (Å²) in [5.41, 5.74) is 8.99. The van der Waals surface area contributed by atoms with Crippen molar-refractivity contribution < 1.29 is 12.8 Å². The van der Waals surface area contributed by atoms with E-state index >= 15 is 0 Å². The van der Waals surface area contributed by atoms with Gasteiger partial charge in [-0.25, -0.2) is 17.8 Å². The number of aryl methyl sites for hydroxylation is 1. The third-order valence-electron chi connectivity index (χ3n) is 4.84. The zero-order valence-corrected chi connectivity index (χ0v) is 17.3. The van der Waals surface area contributed by atoms with Gasteiger partial charge >= 0.3 is 0 Å². The van der Waals surface area contributed by atoms with E-state index in [9.17, 15) is 12.8 Å². The lowest BCUT2D eigenvalue weighted by molar-refractivity contribution is 0.601. The third-order valence-corrected chi connectivity index (χ3v) is 6.08. The first kappa shape index (κ1) is 19.8. The van der Waals surface area contributed by atoms with Gasteiger partial charge in [0.15, 0.2) is 9.84 Å². The van der Waals surface area contributed by atoms with Gasteiger partial charge in [0.05, 0.1) is 16.0 Å². The summed E-state index contributed by atoms with van der Waals surface area (Å²) in [6.45, 7) is 1.74. The highest BCUT2D eigenvalue weighted by molar-refractivity contribution is 7.90. The Hall–Kier alpha value is -3.53. The minimum Gasteiger partial charge on any atom is -0.383 e. The summed E-state index contributed by atoms with van der Waals surface area (Å²) in [5, 5.41) is 7.62. The first-order valence-electron chi connectivity index (χ1n) is 8.96. The first-order chi connectivity index (χ1) is 14.1. The molecule has 0 aliphatic carbocycles. The summed E-state index contributed by atoms with van der Waals surface area (Å²) >= 11 is 0. The second-order valence-electron chi connectivity index (χ2n) is 7.01. The number of nitrogen functional groups attached to an aromatic ring is 1. The quantitative estimate of drug-likeness (QED) is 0.514. The number of nitrogens with one attached hydrogen (secondary N) is 1. The van der Waals surface area contributed by atoms with Gasteiger partial charge < -0.3 is 10.6 Å². The number of sulfone groups is 1. The van der Waals surface area contributed by atoms with Gasteiger partial charge in [-0.1, -0.05) is 6.07 Å². The number of aromatic amines is 1. The van der Waals surface area contributed by atoms with Gasteiger partial charge in [0.25, 0.3) is 0 Å². The number of fused-ring (bicyclic) bond motifs is 1. The van der Waals surface area contributed by atoms with Crippen LogP contribution in [0.2, 0.25) is 0 Å². The highest BCUT2D eigenvalue weighted by Gasteiger charge is 2.18. The van der Waals surface area contributed by atoms with Crippen LogP contribution < -0.4 is 10.6 Å². The zero-order chi connectivity index (χ0) is 21.6. The Morgan fingerprint density at radius 2 is 1.93 bits per heavy atom. The van der Waals surface area contributed by atoms with E-state index in [-0.39, 0.29) is 22.5 Å². The Bertz CT molecular complexity index is 1380. The molecule has 0 amide bonds. The second kappa shape index (κ2) is 7.06. The van der Waals surface area contributed by atoms with Crippen LogP contribution in [-0.2, 0) is 9.84 Å². The van der Waals surface area contributed by atoms with E-state index in [2.05, 4.69) is 20.2 Å². The topological polar surface area (TPSA) is 118 Å². The van der Waals surface area contributed by atoms with Crippen molar-refractivity contribution in [2.24, 2.45) is 0 Å². The lowest BCUT2D eigenvalue weighted by atomic mass is 10.1. The van der Waals surface area contributed by atoms with Crippen LogP contribution in [0.4, 0.5) is 21.8 Å². The Kier molecular flexibility index (Phi) is 4.65. The van der Waals surface area contributed by atoms with Crippen molar-refractivity contribution >= 4 is 38.2 Å². The molecule has 2 heterocycles. The van der Waals surface area contributed by atoms with Crippen LogP contribution in [-0.4, -0.2) is 41.9 Å². The van der Waals surface area contributed by atoms with E-state index in [1.54, 1.807) is 43.1 Å². The summed E-state index contributed by atoms with van der Waals surface area (Å²) in [7, 11) is -1.66. The molecule has 8 nitrogen and oxygen atoms in total. The molecule has 0 bridgehead atoms. The lowest BCUT2D eigenvalue weighted by Gasteiger charge is -2.19. The van der Waals surface area contributed by atoms with Gasteiger partial charge in [0, 0.05) is 30.6 Å². The number of hydrogen-bond acceptors (Lipinski definition) is 7. The molecule has 154 valence electrons. The number of H-pyrrole nitrogens is 1. The molecule has 3 N–H and O–H groups in total. The molecule has 4 aromatic rings. The van der Waals surface area contributed by atoms with Crippen LogP contribution in [0.3, 0.4) is 0 Å². The molecule has 2 aromatic heterocycles. The molecule has 0 saturated heterocycles. The maximum absolute atomic E-state index is 13.7. The SMILES string of the molecule is Cc1ccc(N(C)c2ncc(-c3n[nH]c4ccc(F)cc34)c(N)n2)cc1S(C)(=O)=O. The standard InChI is InChI=1S/C20H19FN6O2S/c1-11-4-6-13(9-17(11)30(3,28)29)27(2)20-23-10-15(19(22)24-20)18-14-8-12(21)5-7-16(14)25-26-18/h4-10H,1-3H3,(H,25,26)(H2,22,23,24). The van der Waals surface area contributed by atoms with Crippen molar-refractivity contribution in [2.45, 2.75) is 11.8 Å². The van der Waals surface area contributed by atoms with Gasteiger partial charge in [0.2, 0.25) is 5.95 Å². The van der Waals surface area contributed by atoms with E-state index in [1.807, 2.05) is 0 Å². The molecule has 30 heavy (non-hydrogen) atoms. The fourth-order valence-electron chi connectivity index (χ4n) is 3.23. The molecule has 10 heteroatoms. The highest BCUT2D eigenvalue weighted by Crippen LogP contribution is 2.32. The number of hydrogen-bond donors (Lipinski definition) is 2. The molecular weight excluding hydrogens is 407 g/mol. The highest BCUT2D eigenvalue weighted by atomic mass is 32.2. The lowest BCUT2D eigenvalue weighted by Crippen LogP contribution is -2.15. The predicted octanol–water partition coefficient (Wildman–Crippen LogP) is 3.22. The van der Waals surface area contributed by atoms with Crippen molar-refractivity contribution in [3.8, 4) is 11.3 Å². The Morgan fingerprint density at radius 1 is 1.17 bits per heavy atom. The van der Waals surface area contributed by atoms with E-state index in [1.165, 1.54) is 24.6 Å². The fourth-order valence-corrected chi connectivity index (χ4v) is 4.22. The monoisotopic (exact) mass is 426 g/mol. The largest absolute Gasteiger partial charge is 0.383 e. The number of nitrogens with zero attached hydrogens (tertiary/aromatic N) is 4. The molecule has 0 saturated carbocycles. The first-order valence-corrected chi connectivity index (χ1v) is 10.9. The molecule has 0 fully saturated rings. The molecule has 0 radical (unpaired) electrons. The summed E-state index contributed by atoms with van der Waals surface area (Å²) in [6.07, 6.45) is 2.68. The van der Waals surface area contributed by atoms with Crippen LogP contribution in [0.15, 0.2) is 47.5 Å². The number of nitrogens with two attached hydrogens (primary N) is 1. The van der Waals surface area contributed by atoms with Crippen molar-refractivity contribution in [2.75, 3.05) is 23.9 Å². The van der Waals surface area contributed by atoms with E-state index in [4.69, 9.17) is 5.73 Å². The number of rotatable bonds is 4. The summed E-state index contributed by atoms with van der Waals surface area (Å²) in [4.78, 5) is 10.6.